The van der Waals surface area contributed by atoms with Crippen LogP contribution in [0.15, 0.2) is 6.07 Å². The molecule has 0 aromatic carbocycles. The minimum absolute atomic E-state index is 0.113. The zero-order valence-corrected chi connectivity index (χ0v) is 16.9. The Morgan fingerprint density at radius 1 is 1.04 bits per heavy atom. The van der Waals surface area contributed by atoms with Gasteiger partial charge in [0.05, 0.1) is 6.61 Å². The summed E-state index contributed by atoms with van der Waals surface area (Å²) in [5.74, 6) is 0.505. The molecule has 1 aliphatic heterocycles. The molecule has 1 aliphatic rings. The number of nitrogens with zero attached hydrogens (tertiary/aromatic N) is 5. The molecule has 2 heterocycles. The van der Waals surface area contributed by atoms with Crippen LogP contribution in [0.25, 0.3) is 0 Å². The number of piperazine rings is 1. The first-order valence-corrected chi connectivity index (χ1v) is 9.81. The van der Waals surface area contributed by atoms with E-state index in [0.717, 1.165) is 31.6 Å². The molecule has 1 aromatic heterocycles. The SMILES string of the molecule is CCCN(CCC)c1nc(C)cc(C(=O)N2CCN(C(=O)OCC)CC2)n1. The van der Waals surface area contributed by atoms with E-state index in [1.54, 1.807) is 22.8 Å². The van der Waals surface area contributed by atoms with Gasteiger partial charge in [-0.3, -0.25) is 4.79 Å². The van der Waals surface area contributed by atoms with Gasteiger partial charge in [0.25, 0.3) is 5.91 Å². The van der Waals surface area contributed by atoms with Crippen molar-refractivity contribution in [2.24, 2.45) is 0 Å². The van der Waals surface area contributed by atoms with E-state index < -0.39 is 0 Å². The zero-order valence-electron chi connectivity index (χ0n) is 16.9. The van der Waals surface area contributed by atoms with Gasteiger partial charge in [-0.05, 0) is 32.8 Å². The van der Waals surface area contributed by atoms with Crippen molar-refractivity contribution in [2.75, 3.05) is 50.8 Å². The highest BCUT2D eigenvalue weighted by molar-refractivity contribution is 5.92. The topological polar surface area (TPSA) is 78.9 Å². The summed E-state index contributed by atoms with van der Waals surface area (Å²) in [5, 5.41) is 0. The molecule has 2 rings (SSSR count). The average Bonchev–Trinajstić information content (AvgIpc) is 2.67. The molecule has 0 saturated carbocycles. The van der Waals surface area contributed by atoms with Crippen LogP contribution < -0.4 is 4.90 Å². The second-order valence-electron chi connectivity index (χ2n) is 6.66. The summed E-state index contributed by atoms with van der Waals surface area (Å²) in [6.45, 7) is 11.9. The molecular weight excluding hydrogens is 346 g/mol. The number of ether oxygens (including phenoxy) is 1. The molecule has 1 fully saturated rings. The lowest BCUT2D eigenvalue weighted by Crippen LogP contribution is -2.51. The molecule has 1 aromatic rings. The Labute approximate surface area is 161 Å². The first-order valence-electron chi connectivity index (χ1n) is 9.81. The predicted octanol–water partition coefficient (Wildman–Crippen LogP) is 2.33. The van der Waals surface area contributed by atoms with Crippen LogP contribution in [0.5, 0.6) is 0 Å². The van der Waals surface area contributed by atoms with Crippen molar-refractivity contribution < 1.29 is 14.3 Å². The van der Waals surface area contributed by atoms with Gasteiger partial charge >= 0.3 is 6.09 Å². The van der Waals surface area contributed by atoms with Gasteiger partial charge in [0, 0.05) is 45.0 Å². The third-order valence-corrected chi connectivity index (χ3v) is 4.42. The monoisotopic (exact) mass is 377 g/mol. The summed E-state index contributed by atoms with van der Waals surface area (Å²) >= 11 is 0. The second-order valence-corrected chi connectivity index (χ2v) is 6.66. The van der Waals surface area contributed by atoms with E-state index in [1.165, 1.54) is 0 Å². The maximum absolute atomic E-state index is 12.9. The Morgan fingerprint density at radius 2 is 1.63 bits per heavy atom. The molecule has 0 spiro atoms. The Balaban J connectivity index is 2.09. The molecule has 1 saturated heterocycles. The van der Waals surface area contributed by atoms with Crippen LogP contribution >= 0.6 is 0 Å². The van der Waals surface area contributed by atoms with Crippen molar-refractivity contribution in [1.82, 2.24) is 19.8 Å². The number of hydrogen-bond donors (Lipinski definition) is 0. The highest BCUT2D eigenvalue weighted by Gasteiger charge is 2.27. The summed E-state index contributed by atoms with van der Waals surface area (Å²) < 4.78 is 5.02. The van der Waals surface area contributed by atoms with Crippen molar-refractivity contribution in [3.05, 3.63) is 17.5 Å². The number of aromatic nitrogens is 2. The van der Waals surface area contributed by atoms with Crippen LogP contribution in [-0.2, 0) is 4.74 Å². The molecule has 150 valence electrons. The van der Waals surface area contributed by atoms with E-state index in [9.17, 15) is 9.59 Å². The normalized spacial score (nSPS) is 14.2. The highest BCUT2D eigenvalue weighted by atomic mass is 16.6. The van der Waals surface area contributed by atoms with Gasteiger partial charge < -0.3 is 19.4 Å². The fourth-order valence-corrected chi connectivity index (χ4v) is 3.12. The Morgan fingerprint density at radius 3 is 2.19 bits per heavy atom. The van der Waals surface area contributed by atoms with Crippen LogP contribution in [0.3, 0.4) is 0 Å². The maximum atomic E-state index is 12.9. The fraction of sp³-hybridized carbons (Fsp3) is 0.684. The third-order valence-electron chi connectivity index (χ3n) is 4.42. The van der Waals surface area contributed by atoms with Gasteiger partial charge in [0.15, 0.2) is 0 Å². The Bertz CT molecular complexity index is 638. The first kappa shape index (κ1) is 20.9. The molecule has 2 amide bonds. The van der Waals surface area contributed by atoms with E-state index >= 15 is 0 Å². The molecule has 27 heavy (non-hydrogen) atoms. The number of carbonyl (C=O) groups excluding carboxylic acids is 2. The van der Waals surface area contributed by atoms with E-state index in [4.69, 9.17) is 4.74 Å². The number of anilines is 1. The lowest BCUT2D eigenvalue weighted by atomic mass is 10.2. The fourth-order valence-electron chi connectivity index (χ4n) is 3.12. The third kappa shape index (κ3) is 5.55. The van der Waals surface area contributed by atoms with E-state index in [1.807, 2.05) is 6.92 Å². The van der Waals surface area contributed by atoms with Crippen molar-refractivity contribution in [2.45, 2.75) is 40.5 Å². The van der Waals surface area contributed by atoms with Crippen molar-refractivity contribution in [1.29, 1.82) is 0 Å². The highest BCUT2D eigenvalue weighted by Crippen LogP contribution is 2.14. The van der Waals surface area contributed by atoms with Crippen molar-refractivity contribution >= 4 is 17.9 Å². The number of rotatable bonds is 7. The summed E-state index contributed by atoms with van der Waals surface area (Å²) in [6.07, 6.45) is 1.67. The zero-order chi connectivity index (χ0) is 19.8. The van der Waals surface area contributed by atoms with E-state index in [-0.39, 0.29) is 12.0 Å². The molecular formula is C19H31N5O3. The lowest BCUT2D eigenvalue weighted by Gasteiger charge is -2.34. The van der Waals surface area contributed by atoms with Crippen LogP contribution in [0.1, 0.15) is 49.8 Å². The molecule has 0 bridgehead atoms. The van der Waals surface area contributed by atoms with Gasteiger partial charge in [-0.2, -0.15) is 0 Å². The van der Waals surface area contributed by atoms with Crippen LogP contribution in [0.4, 0.5) is 10.7 Å². The Hall–Kier alpha value is -2.38. The first-order chi connectivity index (χ1) is 13.0. The van der Waals surface area contributed by atoms with Gasteiger partial charge in [0.1, 0.15) is 5.69 Å². The van der Waals surface area contributed by atoms with Crippen LogP contribution in [-0.4, -0.2) is 77.6 Å². The minimum Gasteiger partial charge on any atom is -0.450 e. The molecule has 0 unspecified atom stereocenters. The summed E-state index contributed by atoms with van der Waals surface area (Å²) in [5.41, 5.74) is 1.20. The smallest absolute Gasteiger partial charge is 0.409 e. The lowest BCUT2D eigenvalue weighted by molar-refractivity contribution is 0.0566. The molecule has 0 aliphatic carbocycles. The number of hydrogen-bond acceptors (Lipinski definition) is 6. The second kappa shape index (κ2) is 10.1. The van der Waals surface area contributed by atoms with Crippen LogP contribution in [0, 0.1) is 6.92 Å². The maximum Gasteiger partial charge on any atom is 0.409 e. The Kier molecular flexibility index (Phi) is 7.82. The molecule has 8 heteroatoms. The molecule has 0 atom stereocenters. The molecule has 8 nitrogen and oxygen atoms in total. The van der Waals surface area contributed by atoms with Crippen molar-refractivity contribution in [3.63, 3.8) is 0 Å². The van der Waals surface area contributed by atoms with Crippen molar-refractivity contribution in [3.8, 4) is 0 Å². The number of aryl methyl sites for hydroxylation is 1. The predicted molar refractivity (Wildman–Crippen MR) is 104 cm³/mol. The van der Waals surface area contributed by atoms with Gasteiger partial charge in [-0.1, -0.05) is 13.8 Å². The average molecular weight is 377 g/mol. The van der Waals surface area contributed by atoms with Crippen LogP contribution in [0.2, 0.25) is 0 Å². The standard InChI is InChI=1S/C19H31N5O3/c1-5-8-23(9-6-2)18-20-15(4)14-16(21-18)17(25)22-10-12-24(13-11-22)19(26)27-7-3/h14H,5-13H2,1-4H3. The van der Waals surface area contributed by atoms with Gasteiger partial charge in [-0.15, -0.1) is 0 Å². The van der Waals surface area contributed by atoms with Gasteiger partial charge in [-0.25, -0.2) is 14.8 Å². The summed E-state index contributed by atoms with van der Waals surface area (Å²) in [7, 11) is 0. The largest absolute Gasteiger partial charge is 0.450 e. The summed E-state index contributed by atoms with van der Waals surface area (Å²) in [4.78, 5) is 39.3. The number of amides is 2. The number of carbonyl (C=O) groups is 2. The molecule has 0 N–H and O–H groups in total. The van der Waals surface area contributed by atoms with E-state index in [2.05, 4.69) is 28.7 Å². The summed E-state index contributed by atoms with van der Waals surface area (Å²) in [6, 6.07) is 1.74. The minimum atomic E-state index is -0.320. The van der Waals surface area contributed by atoms with Gasteiger partial charge in [0.2, 0.25) is 5.95 Å². The molecule has 0 radical (unpaired) electrons. The quantitative estimate of drug-likeness (QED) is 0.726. The van der Waals surface area contributed by atoms with E-state index in [0.29, 0.717) is 44.4 Å².